The second-order valence-corrected chi connectivity index (χ2v) is 7.28. The van der Waals surface area contributed by atoms with Gasteiger partial charge in [0.1, 0.15) is 12.1 Å². The van der Waals surface area contributed by atoms with Gasteiger partial charge in [-0.25, -0.2) is 4.79 Å². The van der Waals surface area contributed by atoms with E-state index >= 15 is 0 Å². The lowest BCUT2D eigenvalue weighted by molar-refractivity contribution is -0.155. The Morgan fingerprint density at radius 1 is 1.21 bits per heavy atom. The van der Waals surface area contributed by atoms with Gasteiger partial charge < -0.3 is 15.4 Å². The van der Waals surface area contributed by atoms with Crippen molar-refractivity contribution in [3.8, 4) is 0 Å². The molecule has 0 radical (unpaired) electrons. The average molecular weight is 387 g/mol. The van der Waals surface area contributed by atoms with Crippen molar-refractivity contribution in [1.29, 1.82) is 0 Å². The first-order valence-electron chi connectivity index (χ1n) is 9.58. The SMILES string of the molecule is CCc1ccc(NC(=O)[C@@H](C)OC(=O)CN2C(=O)NC3(CCCC3)C2=O)cc1. The number of hydrogen-bond acceptors (Lipinski definition) is 5. The molecule has 1 heterocycles. The maximum atomic E-state index is 12.5. The molecule has 150 valence electrons. The standard InChI is InChI=1S/C20H25N3O5/c1-3-14-6-8-15(9-7-14)21-17(25)13(2)28-16(24)12-23-18(26)20(22-19(23)27)10-4-5-11-20/h6-9,13H,3-5,10-12H2,1-2H3,(H,21,25)(H,22,27)/t13-/m1/s1. The minimum absolute atomic E-state index is 0.389. The Hall–Kier alpha value is -2.90. The van der Waals surface area contributed by atoms with Crippen LogP contribution in [0.25, 0.3) is 0 Å². The van der Waals surface area contributed by atoms with Crippen molar-refractivity contribution in [2.24, 2.45) is 0 Å². The van der Waals surface area contributed by atoms with Crippen LogP contribution in [0.5, 0.6) is 0 Å². The highest BCUT2D eigenvalue weighted by Crippen LogP contribution is 2.34. The number of imide groups is 1. The number of amides is 4. The molecule has 0 aromatic heterocycles. The van der Waals surface area contributed by atoms with Crippen LogP contribution in [0.1, 0.15) is 45.1 Å². The summed E-state index contributed by atoms with van der Waals surface area (Å²) in [6.07, 6.45) is 2.73. The number of ether oxygens (including phenoxy) is 1. The molecule has 3 rings (SSSR count). The number of nitrogens with one attached hydrogen (secondary N) is 2. The van der Waals surface area contributed by atoms with E-state index in [0.29, 0.717) is 18.5 Å². The van der Waals surface area contributed by atoms with Crippen LogP contribution in [0.2, 0.25) is 0 Å². The fourth-order valence-electron chi connectivity index (χ4n) is 3.62. The molecule has 2 fully saturated rings. The number of urea groups is 1. The summed E-state index contributed by atoms with van der Waals surface area (Å²) in [6, 6.07) is 6.78. The first-order valence-corrected chi connectivity index (χ1v) is 9.58. The van der Waals surface area contributed by atoms with E-state index in [1.54, 1.807) is 12.1 Å². The smallest absolute Gasteiger partial charge is 0.327 e. The van der Waals surface area contributed by atoms with Crippen molar-refractivity contribution in [3.05, 3.63) is 29.8 Å². The number of nitrogens with zero attached hydrogens (tertiary/aromatic N) is 1. The van der Waals surface area contributed by atoms with E-state index in [2.05, 4.69) is 10.6 Å². The predicted molar refractivity (Wildman–Crippen MR) is 101 cm³/mol. The van der Waals surface area contributed by atoms with E-state index in [1.165, 1.54) is 6.92 Å². The molecule has 1 aliphatic carbocycles. The Labute approximate surface area is 163 Å². The van der Waals surface area contributed by atoms with Crippen molar-refractivity contribution >= 4 is 29.5 Å². The molecule has 0 bridgehead atoms. The van der Waals surface area contributed by atoms with E-state index in [4.69, 9.17) is 4.74 Å². The Morgan fingerprint density at radius 2 is 1.86 bits per heavy atom. The zero-order valence-corrected chi connectivity index (χ0v) is 16.1. The summed E-state index contributed by atoms with van der Waals surface area (Å²) in [5.74, 6) is -1.68. The number of carbonyl (C=O) groups is 4. The van der Waals surface area contributed by atoms with Crippen molar-refractivity contribution in [3.63, 3.8) is 0 Å². The number of benzene rings is 1. The van der Waals surface area contributed by atoms with Crippen LogP contribution >= 0.6 is 0 Å². The Bertz CT molecular complexity index is 784. The van der Waals surface area contributed by atoms with Crippen LogP contribution in [0.4, 0.5) is 10.5 Å². The molecule has 1 atom stereocenters. The first-order chi connectivity index (χ1) is 13.3. The molecule has 0 unspecified atom stereocenters. The lowest BCUT2D eigenvalue weighted by Gasteiger charge is -2.20. The third-order valence-corrected chi connectivity index (χ3v) is 5.30. The molecule has 1 aromatic rings. The Kier molecular flexibility index (Phi) is 5.67. The molecular weight excluding hydrogens is 362 g/mol. The van der Waals surface area contributed by atoms with E-state index in [-0.39, 0.29) is 5.91 Å². The number of aryl methyl sites for hydroxylation is 1. The Morgan fingerprint density at radius 3 is 2.46 bits per heavy atom. The summed E-state index contributed by atoms with van der Waals surface area (Å²) >= 11 is 0. The summed E-state index contributed by atoms with van der Waals surface area (Å²) in [6.45, 7) is 2.97. The first kappa shape index (κ1) is 19.9. The van der Waals surface area contributed by atoms with E-state index in [1.807, 2.05) is 19.1 Å². The van der Waals surface area contributed by atoms with Crippen LogP contribution in [0.15, 0.2) is 24.3 Å². The lowest BCUT2D eigenvalue weighted by atomic mass is 9.98. The molecule has 1 aromatic carbocycles. The average Bonchev–Trinajstić information content (AvgIpc) is 3.23. The monoisotopic (exact) mass is 387 g/mol. The second-order valence-electron chi connectivity index (χ2n) is 7.28. The third-order valence-electron chi connectivity index (χ3n) is 5.30. The van der Waals surface area contributed by atoms with Gasteiger partial charge in [-0.2, -0.15) is 0 Å². The summed E-state index contributed by atoms with van der Waals surface area (Å²) in [4.78, 5) is 49.9. The zero-order valence-electron chi connectivity index (χ0n) is 16.1. The minimum atomic E-state index is -1.06. The van der Waals surface area contributed by atoms with E-state index in [9.17, 15) is 19.2 Å². The van der Waals surface area contributed by atoms with Gasteiger partial charge in [0, 0.05) is 5.69 Å². The highest BCUT2D eigenvalue weighted by molar-refractivity contribution is 6.09. The van der Waals surface area contributed by atoms with Gasteiger partial charge in [0.05, 0.1) is 0 Å². The van der Waals surface area contributed by atoms with Crippen LogP contribution in [-0.4, -0.2) is 46.9 Å². The summed E-state index contributed by atoms with van der Waals surface area (Å²) in [7, 11) is 0. The van der Waals surface area contributed by atoms with Crippen LogP contribution in [0, 0.1) is 0 Å². The second kappa shape index (κ2) is 8.00. The maximum absolute atomic E-state index is 12.5. The fraction of sp³-hybridized carbons (Fsp3) is 0.500. The normalized spacial score (nSPS) is 18.9. The topological polar surface area (TPSA) is 105 Å². The van der Waals surface area contributed by atoms with Gasteiger partial charge in [0.2, 0.25) is 0 Å². The summed E-state index contributed by atoms with van der Waals surface area (Å²) < 4.78 is 5.11. The predicted octanol–water partition coefficient (Wildman–Crippen LogP) is 1.98. The molecule has 28 heavy (non-hydrogen) atoms. The highest BCUT2D eigenvalue weighted by atomic mass is 16.5. The Balaban J connectivity index is 1.53. The largest absolute Gasteiger partial charge is 0.451 e. The maximum Gasteiger partial charge on any atom is 0.327 e. The van der Waals surface area contributed by atoms with Gasteiger partial charge in [0.25, 0.3) is 11.8 Å². The molecule has 8 nitrogen and oxygen atoms in total. The van der Waals surface area contributed by atoms with Crippen molar-refractivity contribution in [2.45, 2.75) is 57.6 Å². The van der Waals surface area contributed by atoms with Crippen LogP contribution < -0.4 is 10.6 Å². The number of anilines is 1. The molecule has 1 saturated heterocycles. The van der Waals surface area contributed by atoms with Crippen molar-refractivity contribution < 1.29 is 23.9 Å². The van der Waals surface area contributed by atoms with Gasteiger partial charge in [-0.1, -0.05) is 31.9 Å². The molecule has 1 spiro atoms. The van der Waals surface area contributed by atoms with Gasteiger partial charge in [-0.15, -0.1) is 0 Å². The van der Waals surface area contributed by atoms with E-state index < -0.39 is 36.1 Å². The lowest BCUT2D eigenvalue weighted by Crippen LogP contribution is -2.44. The van der Waals surface area contributed by atoms with Crippen molar-refractivity contribution in [1.82, 2.24) is 10.2 Å². The number of hydrogen-bond donors (Lipinski definition) is 2. The molecule has 1 saturated carbocycles. The molecule has 4 amide bonds. The fourth-order valence-corrected chi connectivity index (χ4v) is 3.62. The summed E-state index contributed by atoms with van der Waals surface area (Å²) in [5.41, 5.74) is 0.874. The van der Waals surface area contributed by atoms with Gasteiger partial charge in [-0.05, 0) is 43.9 Å². The van der Waals surface area contributed by atoms with Gasteiger partial charge in [-0.3, -0.25) is 19.3 Å². The van der Waals surface area contributed by atoms with Crippen molar-refractivity contribution in [2.75, 3.05) is 11.9 Å². The van der Waals surface area contributed by atoms with Crippen LogP contribution in [-0.2, 0) is 25.5 Å². The highest BCUT2D eigenvalue weighted by Gasteiger charge is 2.52. The van der Waals surface area contributed by atoms with Crippen LogP contribution in [0.3, 0.4) is 0 Å². The third kappa shape index (κ3) is 4.00. The molecular formula is C20H25N3O5. The van der Waals surface area contributed by atoms with Gasteiger partial charge >= 0.3 is 12.0 Å². The minimum Gasteiger partial charge on any atom is -0.451 e. The molecule has 8 heteroatoms. The molecule has 2 aliphatic rings. The molecule has 1 aliphatic heterocycles. The number of esters is 1. The van der Waals surface area contributed by atoms with Gasteiger partial charge in [0.15, 0.2) is 6.10 Å². The zero-order chi connectivity index (χ0) is 20.3. The number of rotatable bonds is 6. The molecule has 2 N–H and O–H groups in total. The quantitative estimate of drug-likeness (QED) is 0.574. The summed E-state index contributed by atoms with van der Waals surface area (Å²) in [5, 5.41) is 5.38. The number of carbonyl (C=O) groups excluding carboxylic acids is 4. The van der Waals surface area contributed by atoms with E-state index in [0.717, 1.165) is 29.7 Å².